The van der Waals surface area contributed by atoms with Gasteiger partial charge in [0.15, 0.2) is 11.6 Å². The number of methoxy groups -OCH3 is 2. The van der Waals surface area contributed by atoms with E-state index in [1.807, 2.05) is 44.2 Å². The number of carbonyl (C=O) groups is 1. The van der Waals surface area contributed by atoms with Gasteiger partial charge in [-0.2, -0.15) is 0 Å². The van der Waals surface area contributed by atoms with Crippen LogP contribution >= 0.6 is 0 Å². The molecule has 0 bridgehead atoms. The van der Waals surface area contributed by atoms with Crippen LogP contribution in [0.4, 0.5) is 4.39 Å². The Balaban J connectivity index is 1.55. The van der Waals surface area contributed by atoms with Crippen molar-refractivity contribution in [3.8, 4) is 11.5 Å². The van der Waals surface area contributed by atoms with E-state index in [9.17, 15) is 9.18 Å². The van der Waals surface area contributed by atoms with Gasteiger partial charge in [0.2, 0.25) is 0 Å². The number of halogens is 1. The van der Waals surface area contributed by atoms with Crippen LogP contribution in [0.2, 0.25) is 0 Å². The lowest BCUT2D eigenvalue weighted by Crippen LogP contribution is -2.37. The summed E-state index contributed by atoms with van der Waals surface area (Å²) < 4.78 is 30.2. The molecule has 178 valence electrons. The Morgan fingerprint density at radius 2 is 1.94 bits per heavy atom. The molecule has 0 saturated carbocycles. The minimum Gasteiger partial charge on any atom is -0.494 e. The fourth-order valence-electron chi connectivity index (χ4n) is 4.56. The molecule has 6 heteroatoms. The third kappa shape index (κ3) is 5.07. The molecule has 3 aromatic carbocycles. The van der Waals surface area contributed by atoms with E-state index in [-0.39, 0.29) is 35.6 Å². The van der Waals surface area contributed by atoms with Crippen LogP contribution in [0.5, 0.6) is 11.5 Å². The molecular weight excluding hydrogens is 433 g/mol. The molecule has 0 aromatic heterocycles. The number of aryl methyl sites for hydroxylation is 1. The number of fused-ring (bicyclic) bond motifs is 1. The van der Waals surface area contributed by atoms with Crippen LogP contribution in [0.25, 0.3) is 0 Å². The Bertz CT molecular complexity index is 1180. The first-order valence-electron chi connectivity index (χ1n) is 11.4. The van der Waals surface area contributed by atoms with Gasteiger partial charge in [0.05, 0.1) is 19.8 Å². The molecule has 4 rings (SSSR count). The molecule has 0 radical (unpaired) electrons. The predicted molar refractivity (Wildman–Crippen MR) is 129 cm³/mol. The number of hydrogen-bond acceptors (Lipinski definition) is 5. The Hall–Kier alpha value is -3.38. The minimum atomic E-state index is -0.377. The number of benzene rings is 3. The van der Waals surface area contributed by atoms with Gasteiger partial charge in [0, 0.05) is 24.1 Å². The first kappa shape index (κ1) is 23.8. The topological polar surface area (TPSA) is 56.8 Å². The molecule has 3 atom stereocenters. The van der Waals surface area contributed by atoms with Crippen molar-refractivity contribution < 1.29 is 23.4 Å². The maximum atomic E-state index is 13.8. The predicted octanol–water partition coefficient (Wildman–Crippen LogP) is 5.56. The zero-order valence-corrected chi connectivity index (χ0v) is 19.9. The van der Waals surface area contributed by atoms with Crippen LogP contribution in [-0.4, -0.2) is 32.8 Å². The fraction of sp³-hybridized carbons (Fsp3) is 0.321. The van der Waals surface area contributed by atoms with E-state index in [1.165, 1.54) is 20.3 Å². The normalized spacial score (nSPS) is 17.9. The average Bonchev–Trinajstić information content (AvgIpc) is 2.86. The summed E-state index contributed by atoms with van der Waals surface area (Å²) in [7, 11) is 2.86. The standard InChI is InChI=1S/C28H30FNO4/c1-17-11-20(13-21(12-17)28(31)33-4)24-15-22(34-26-8-6-5-7-23(24)26)16-30-18(2)19-9-10-25(29)27(14-19)32-3/h5-14,18,22,24,30H,15-16H2,1-4H3/t18-,22-,24?/m1/s1. The Labute approximate surface area is 199 Å². The third-order valence-corrected chi connectivity index (χ3v) is 6.34. The molecule has 0 fully saturated rings. The van der Waals surface area contributed by atoms with Crippen LogP contribution in [0.3, 0.4) is 0 Å². The molecule has 3 aromatic rings. The molecule has 34 heavy (non-hydrogen) atoms. The van der Waals surface area contributed by atoms with Gasteiger partial charge in [-0.05, 0) is 67.3 Å². The quantitative estimate of drug-likeness (QED) is 0.465. The second-order valence-corrected chi connectivity index (χ2v) is 8.71. The summed E-state index contributed by atoms with van der Waals surface area (Å²) in [5, 5.41) is 3.52. The molecule has 5 nitrogen and oxygen atoms in total. The van der Waals surface area contributed by atoms with Gasteiger partial charge in [0.1, 0.15) is 11.9 Å². The van der Waals surface area contributed by atoms with Crippen molar-refractivity contribution in [3.05, 3.63) is 94.3 Å². The van der Waals surface area contributed by atoms with Crippen molar-refractivity contribution in [1.29, 1.82) is 0 Å². The van der Waals surface area contributed by atoms with E-state index >= 15 is 0 Å². The van der Waals surface area contributed by atoms with Crippen molar-refractivity contribution in [2.24, 2.45) is 0 Å². The Morgan fingerprint density at radius 3 is 2.71 bits per heavy atom. The molecular formula is C28H30FNO4. The second-order valence-electron chi connectivity index (χ2n) is 8.71. The Morgan fingerprint density at radius 1 is 1.15 bits per heavy atom. The third-order valence-electron chi connectivity index (χ3n) is 6.34. The van der Waals surface area contributed by atoms with E-state index in [0.29, 0.717) is 12.1 Å². The van der Waals surface area contributed by atoms with Gasteiger partial charge in [-0.3, -0.25) is 0 Å². The highest BCUT2D eigenvalue weighted by molar-refractivity contribution is 5.89. The Kier molecular flexibility index (Phi) is 7.17. The molecule has 1 aliphatic rings. The van der Waals surface area contributed by atoms with Gasteiger partial charge in [0.25, 0.3) is 0 Å². The van der Waals surface area contributed by atoms with Gasteiger partial charge < -0.3 is 19.5 Å². The van der Waals surface area contributed by atoms with Crippen molar-refractivity contribution in [2.75, 3.05) is 20.8 Å². The van der Waals surface area contributed by atoms with Crippen LogP contribution < -0.4 is 14.8 Å². The second kappa shape index (κ2) is 10.3. The highest BCUT2D eigenvalue weighted by atomic mass is 19.1. The van der Waals surface area contributed by atoms with Gasteiger partial charge in [-0.25, -0.2) is 9.18 Å². The zero-order valence-electron chi connectivity index (χ0n) is 19.9. The van der Waals surface area contributed by atoms with Crippen LogP contribution in [0.1, 0.15) is 57.9 Å². The molecule has 0 spiro atoms. The van der Waals surface area contributed by atoms with E-state index < -0.39 is 0 Å². The summed E-state index contributed by atoms with van der Waals surface area (Å²) in [6.45, 7) is 4.63. The number of ether oxygens (including phenoxy) is 3. The van der Waals surface area contributed by atoms with Crippen molar-refractivity contribution in [2.45, 2.75) is 38.3 Å². The highest BCUT2D eigenvalue weighted by Gasteiger charge is 2.30. The largest absolute Gasteiger partial charge is 0.494 e. The lowest BCUT2D eigenvalue weighted by Gasteiger charge is -2.33. The molecule has 1 unspecified atom stereocenters. The molecule has 1 N–H and O–H groups in total. The number of hydrogen-bond donors (Lipinski definition) is 1. The molecule has 1 heterocycles. The van der Waals surface area contributed by atoms with Crippen LogP contribution in [-0.2, 0) is 4.74 Å². The summed E-state index contributed by atoms with van der Waals surface area (Å²) >= 11 is 0. The van der Waals surface area contributed by atoms with Crippen molar-refractivity contribution in [1.82, 2.24) is 5.32 Å². The van der Waals surface area contributed by atoms with Crippen molar-refractivity contribution in [3.63, 3.8) is 0 Å². The number of rotatable bonds is 7. The first-order chi connectivity index (χ1) is 16.4. The number of nitrogens with one attached hydrogen (secondary N) is 1. The molecule has 0 aliphatic carbocycles. The summed E-state index contributed by atoms with van der Waals surface area (Å²) in [6, 6.07) is 18.8. The lowest BCUT2D eigenvalue weighted by molar-refractivity contribution is 0.0600. The fourth-order valence-corrected chi connectivity index (χ4v) is 4.56. The summed E-state index contributed by atoms with van der Waals surface area (Å²) in [6.07, 6.45) is 0.680. The summed E-state index contributed by atoms with van der Waals surface area (Å²) in [4.78, 5) is 12.2. The minimum absolute atomic E-state index is 0.0152. The smallest absolute Gasteiger partial charge is 0.337 e. The van der Waals surface area contributed by atoms with Gasteiger partial charge in [-0.15, -0.1) is 0 Å². The van der Waals surface area contributed by atoms with Crippen molar-refractivity contribution >= 4 is 5.97 Å². The van der Waals surface area contributed by atoms with Gasteiger partial charge in [-0.1, -0.05) is 30.3 Å². The average molecular weight is 464 g/mol. The maximum Gasteiger partial charge on any atom is 0.337 e. The number of carbonyl (C=O) groups excluding carboxylic acids is 1. The molecule has 0 amide bonds. The van der Waals surface area contributed by atoms with Crippen LogP contribution in [0.15, 0.2) is 60.7 Å². The highest BCUT2D eigenvalue weighted by Crippen LogP contribution is 2.41. The monoisotopic (exact) mass is 463 g/mol. The number of para-hydroxylation sites is 1. The SMILES string of the molecule is COC(=O)c1cc(C)cc(C2C[C@H](CN[C@H](C)c3ccc(F)c(OC)c3)Oc3ccccc32)c1. The maximum absolute atomic E-state index is 13.8. The van der Waals surface area contributed by atoms with E-state index in [4.69, 9.17) is 14.2 Å². The molecule has 0 saturated heterocycles. The van der Waals surface area contributed by atoms with E-state index in [0.717, 1.165) is 34.4 Å². The lowest BCUT2D eigenvalue weighted by atomic mass is 9.83. The van der Waals surface area contributed by atoms with Gasteiger partial charge >= 0.3 is 5.97 Å². The van der Waals surface area contributed by atoms with E-state index in [1.54, 1.807) is 12.1 Å². The van der Waals surface area contributed by atoms with Crippen LogP contribution in [0, 0.1) is 12.7 Å². The van der Waals surface area contributed by atoms with E-state index in [2.05, 4.69) is 17.4 Å². The molecule has 1 aliphatic heterocycles. The number of esters is 1. The summed E-state index contributed by atoms with van der Waals surface area (Å²) in [5.41, 5.74) is 4.67. The first-order valence-corrected chi connectivity index (χ1v) is 11.4. The zero-order chi connectivity index (χ0) is 24.2. The summed E-state index contributed by atoms with van der Waals surface area (Å²) in [5.74, 6) is 0.448.